The molecule has 3 atom stereocenters. The highest BCUT2D eigenvalue weighted by molar-refractivity contribution is 5.27. The molecule has 1 aromatic carbocycles. The Hall–Kier alpha value is -1.08. The molecule has 0 spiro atoms. The van der Waals surface area contributed by atoms with Gasteiger partial charge < -0.3 is 5.32 Å². The van der Waals surface area contributed by atoms with Crippen LogP contribution in [0.25, 0.3) is 0 Å². The summed E-state index contributed by atoms with van der Waals surface area (Å²) in [5.74, 6) is 1.57. The van der Waals surface area contributed by atoms with Crippen LogP contribution in [0.4, 0.5) is 0 Å². The summed E-state index contributed by atoms with van der Waals surface area (Å²) < 4.78 is 0. The Morgan fingerprint density at radius 1 is 1.39 bits per heavy atom. The van der Waals surface area contributed by atoms with E-state index in [2.05, 4.69) is 56.1 Å². The maximum atomic E-state index is 4.07. The van der Waals surface area contributed by atoms with Crippen molar-refractivity contribution in [2.75, 3.05) is 6.54 Å². The van der Waals surface area contributed by atoms with Crippen molar-refractivity contribution in [1.29, 1.82) is 0 Å². The standard InChI is InChI=1S/C17H25N/c1-4-10-18-17(11-13(2)3)16-12-15(16)14-8-6-5-7-9-14/h5-9,15-18H,2,4,10-12H2,1,3H3. The van der Waals surface area contributed by atoms with Crippen molar-refractivity contribution in [3.8, 4) is 0 Å². The molecule has 98 valence electrons. The smallest absolute Gasteiger partial charge is 0.0138 e. The molecule has 1 saturated carbocycles. The minimum atomic E-state index is 0.618. The predicted octanol–water partition coefficient (Wildman–Crippen LogP) is 4.12. The van der Waals surface area contributed by atoms with Gasteiger partial charge in [0.05, 0.1) is 0 Å². The van der Waals surface area contributed by atoms with Crippen molar-refractivity contribution in [3.63, 3.8) is 0 Å². The summed E-state index contributed by atoms with van der Waals surface area (Å²) in [6, 6.07) is 11.6. The van der Waals surface area contributed by atoms with E-state index in [0.29, 0.717) is 6.04 Å². The topological polar surface area (TPSA) is 12.0 Å². The van der Waals surface area contributed by atoms with Crippen molar-refractivity contribution in [3.05, 3.63) is 48.0 Å². The normalized spacial score (nSPS) is 23.7. The molecule has 18 heavy (non-hydrogen) atoms. The molecule has 1 N–H and O–H groups in total. The van der Waals surface area contributed by atoms with Gasteiger partial charge in [-0.1, -0.05) is 42.8 Å². The Morgan fingerprint density at radius 3 is 2.72 bits per heavy atom. The van der Waals surface area contributed by atoms with Gasteiger partial charge in [-0.3, -0.25) is 0 Å². The van der Waals surface area contributed by atoms with Crippen LogP contribution in [0, 0.1) is 5.92 Å². The zero-order chi connectivity index (χ0) is 13.0. The molecule has 1 heteroatoms. The van der Waals surface area contributed by atoms with Crippen LogP contribution in [0.3, 0.4) is 0 Å². The largest absolute Gasteiger partial charge is 0.313 e. The van der Waals surface area contributed by atoms with Crippen molar-refractivity contribution < 1.29 is 0 Å². The summed E-state index contributed by atoms with van der Waals surface area (Å²) in [4.78, 5) is 0. The Labute approximate surface area is 111 Å². The number of hydrogen-bond donors (Lipinski definition) is 1. The third-order valence-corrected chi connectivity index (χ3v) is 3.81. The van der Waals surface area contributed by atoms with E-state index in [1.165, 1.54) is 24.0 Å². The van der Waals surface area contributed by atoms with Crippen molar-refractivity contribution in [2.24, 2.45) is 5.92 Å². The average molecular weight is 243 g/mol. The fourth-order valence-electron chi connectivity index (χ4n) is 2.82. The second-order valence-electron chi connectivity index (χ2n) is 5.64. The van der Waals surface area contributed by atoms with Crippen LogP contribution in [0.5, 0.6) is 0 Å². The number of benzene rings is 1. The van der Waals surface area contributed by atoms with Crippen LogP contribution in [0.1, 0.15) is 44.6 Å². The molecule has 0 saturated heterocycles. The summed E-state index contributed by atoms with van der Waals surface area (Å²) in [5.41, 5.74) is 2.80. The molecule has 1 fully saturated rings. The minimum absolute atomic E-state index is 0.618. The Bertz CT molecular complexity index is 382. The van der Waals surface area contributed by atoms with E-state index in [1.54, 1.807) is 0 Å². The van der Waals surface area contributed by atoms with Crippen LogP contribution in [-0.4, -0.2) is 12.6 Å². The zero-order valence-electron chi connectivity index (χ0n) is 11.7. The SMILES string of the molecule is C=C(C)CC(NCCC)C1CC1c1ccccc1. The third kappa shape index (κ3) is 3.46. The Morgan fingerprint density at radius 2 is 2.11 bits per heavy atom. The molecular formula is C17H25N. The highest BCUT2D eigenvalue weighted by Crippen LogP contribution is 2.50. The summed E-state index contributed by atoms with van der Waals surface area (Å²) in [5, 5.41) is 3.70. The Balaban J connectivity index is 1.95. The predicted molar refractivity (Wildman–Crippen MR) is 78.8 cm³/mol. The van der Waals surface area contributed by atoms with Gasteiger partial charge in [-0.15, -0.1) is 6.58 Å². The van der Waals surface area contributed by atoms with Gasteiger partial charge in [-0.05, 0) is 50.1 Å². The van der Waals surface area contributed by atoms with Crippen molar-refractivity contribution >= 4 is 0 Å². The van der Waals surface area contributed by atoms with Crippen molar-refractivity contribution in [2.45, 2.75) is 45.1 Å². The molecule has 1 nitrogen and oxygen atoms in total. The molecule has 0 amide bonds. The first-order chi connectivity index (χ1) is 8.72. The fourth-order valence-corrected chi connectivity index (χ4v) is 2.82. The van der Waals surface area contributed by atoms with Gasteiger partial charge in [0.15, 0.2) is 0 Å². The quantitative estimate of drug-likeness (QED) is 0.710. The first kappa shape index (κ1) is 13.4. The van der Waals surface area contributed by atoms with E-state index in [1.807, 2.05) is 0 Å². The van der Waals surface area contributed by atoms with Gasteiger partial charge in [0.1, 0.15) is 0 Å². The number of nitrogens with one attached hydrogen (secondary N) is 1. The fraction of sp³-hybridized carbons (Fsp3) is 0.529. The third-order valence-electron chi connectivity index (χ3n) is 3.81. The van der Waals surface area contributed by atoms with Crippen molar-refractivity contribution in [1.82, 2.24) is 5.32 Å². The molecular weight excluding hydrogens is 218 g/mol. The molecule has 0 radical (unpaired) electrons. The van der Waals surface area contributed by atoms with Gasteiger partial charge in [-0.25, -0.2) is 0 Å². The van der Waals surface area contributed by atoms with Gasteiger partial charge in [0.2, 0.25) is 0 Å². The highest BCUT2D eigenvalue weighted by Gasteiger charge is 2.43. The minimum Gasteiger partial charge on any atom is -0.313 e. The zero-order valence-corrected chi connectivity index (χ0v) is 11.7. The summed E-state index contributed by atoms with van der Waals surface area (Å²) in [6.07, 6.45) is 3.65. The molecule has 3 unspecified atom stereocenters. The monoisotopic (exact) mass is 243 g/mol. The van der Waals surface area contributed by atoms with E-state index in [9.17, 15) is 0 Å². The molecule has 1 aromatic rings. The van der Waals surface area contributed by atoms with E-state index in [4.69, 9.17) is 0 Å². The molecule has 0 bridgehead atoms. The van der Waals surface area contributed by atoms with Crippen LogP contribution in [0.2, 0.25) is 0 Å². The lowest BCUT2D eigenvalue weighted by molar-refractivity contribution is 0.452. The van der Waals surface area contributed by atoms with Crippen LogP contribution < -0.4 is 5.32 Å². The van der Waals surface area contributed by atoms with Gasteiger partial charge in [0, 0.05) is 6.04 Å². The summed E-state index contributed by atoms with van der Waals surface area (Å²) in [7, 11) is 0. The van der Waals surface area contributed by atoms with Gasteiger partial charge in [0.25, 0.3) is 0 Å². The lowest BCUT2D eigenvalue weighted by Gasteiger charge is -2.19. The second-order valence-corrected chi connectivity index (χ2v) is 5.64. The lowest BCUT2D eigenvalue weighted by atomic mass is 10.00. The molecule has 0 aliphatic heterocycles. The van der Waals surface area contributed by atoms with E-state index < -0.39 is 0 Å². The van der Waals surface area contributed by atoms with Gasteiger partial charge in [-0.2, -0.15) is 0 Å². The van der Waals surface area contributed by atoms with Gasteiger partial charge >= 0.3 is 0 Å². The average Bonchev–Trinajstić information content (AvgIpc) is 3.15. The van der Waals surface area contributed by atoms with Crippen LogP contribution in [0.15, 0.2) is 42.5 Å². The highest BCUT2D eigenvalue weighted by atomic mass is 14.9. The first-order valence-corrected chi connectivity index (χ1v) is 7.15. The number of rotatable bonds is 7. The molecule has 1 aliphatic rings. The summed E-state index contributed by atoms with van der Waals surface area (Å²) >= 11 is 0. The molecule has 0 aromatic heterocycles. The first-order valence-electron chi connectivity index (χ1n) is 7.15. The van der Waals surface area contributed by atoms with E-state index >= 15 is 0 Å². The Kier molecular flexibility index (Phi) is 4.60. The maximum absolute atomic E-state index is 4.07. The number of hydrogen-bond acceptors (Lipinski definition) is 1. The molecule has 1 aliphatic carbocycles. The molecule has 2 rings (SSSR count). The lowest BCUT2D eigenvalue weighted by Crippen LogP contribution is -2.32. The van der Waals surface area contributed by atoms with Crippen LogP contribution in [-0.2, 0) is 0 Å². The van der Waals surface area contributed by atoms with E-state index in [0.717, 1.165) is 24.8 Å². The molecule has 0 heterocycles. The summed E-state index contributed by atoms with van der Waals surface area (Å²) in [6.45, 7) is 9.56. The van der Waals surface area contributed by atoms with E-state index in [-0.39, 0.29) is 0 Å². The second kappa shape index (κ2) is 6.19. The van der Waals surface area contributed by atoms with Crippen LogP contribution >= 0.6 is 0 Å². The maximum Gasteiger partial charge on any atom is 0.0138 e.